The molecule has 6 heteroatoms. The van der Waals surface area contributed by atoms with E-state index in [9.17, 15) is 4.79 Å². The van der Waals surface area contributed by atoms with Gasteiger partial charge in [0.25, 0.3) is 0 Å². The number of aromatic nitrogens is 2. The molecule has 0 saturated carbocycles. The van der Waals surface area contributed by atoms with Gasteiger partial charge >= 0.3 is 0 Å². The molecule has 0 bridgehead atoms. The summed E-state index contributed by atoms with van der Waals surface area (Å²) in [5.41, 5.74) is 3.55. The SMILES string of the molecule is CC(C)N(C)CC(=O)N1Cc2c(CN(C)C)nn(C(C)C)c2C1. The highest BCUT2D eigenvalue weighted by Gasteiger charge is 2.31. The molecule has 0 fully saturated rings. The maximum absolute atomic E-state index is 12.6. The summed E-state index contributed by atoms with van der Waals surface area (Å²) in [6, 6.07) is 0.687. The molecular formula is C17H31N5O. The predicted octanol–water partition coefficient (Wildman–Crippen LogP) is 1.71. The van der Waals surface area contributed by atoms with Gasteiger partial charge in [-0.05, 0) is 48.8 Å². The van der Waals surface area contributed by atoms with Crippen LogP contribution < -0.4 is 0 Å². The van der Waals surface area contributed by atoms with Crippen molar-refractivity contribution in [1.29, 1.82) is 0 Å². The highest BCUT2D eigenvalue weighted by Crippen LogP contribution is 2.29. The van der Waals surface area contributed by atoms with Crippen molar-refractivity contribution in [1.82, 2.24) is 24.5 Å². The monoisotopic (exact) mass is 321 g/mol. The average molecular weight is 321 g/mol. The highest BCUT2D eigenvalue weighted by molar-refractivity contribution is 5.79. The van der Waals surface area contributed by atoms with Crippen molar-refractivity contribution >= 4 is 5.91 Å². The van der Waals surface area contributed by atoms with Crippen molar-refractivity contribution in [3.63, 3.8) is 0 Å². The molecule has 0 N–H and O–H groups in total. The van der Waals surface area contributed by atoms with Gasteiger partial charge in [0.2, 0.25) is 5.91 Å². The van der Waals surface area contributed by atoms with Crippen LogP contribution in [-0.2, 0) is 24.4 Å². The Morgan fingerprint density at radius 3 is 2.35 bits per heavy atom. The molecule has 1 aromatic heterocycles. The molecule has 1 aliphatic rings. The molecule has 0 atom stereocenters. The molecule has 6 nitrogen and oxygen atoms in total. The van der Waals surface area contributed by atoms with Crippen molar-refractivity contribution in [2.75, 3.05) is 27.7 Å². The Labute approximate surface area is 140 Å². The fourth-order valence-corrected chi connectivity index (χ4v) is 2.86. The minimum absolute atomic E-state index is 0.198. The summed E-state index contributed by atoms with van der Waals surface area (Å²) in [7, 11) is 6.10. The fraction of sp³-hybridized carbons (Fsp3) is 0.765. The lowest BCUT2D eigenvalue weighted by molar-refractivity contribution is -0.133. The Hall–Kier alpha value is -1.40. The fourth-order valence-electron chi connectivity index (χ4n) is 2.86. The number of hydrogen-bond donors (Lipinski definition) is 0. The molecule has 0 saturated heterocycles. The molecule has 1 amide bonds. The predicted molar refractivity (Wildman–Crippen MR) is 92.0 cm³/mol. The van der Waals surface area contributed by atoms with Crippen LogP contribution in [0.3, 0.4) is 0 Å². The van der Waals surface area contributed by atoms with Crippen LogP contribution in [0.2, 0.25) is 0 Å². The van der Waals surface area contributed by atoms with Crippen LogP contribution in [0.25, 0.3) is 0 Å². The zero-order chi connectivity index (χ0) is 17.3. The van der Waals surface area contributed by atoms with Crippen molar-refractivity contribution in [2.24, 2.45) is 0 Å². The number of hydrogen-bond acceptors (Lipinski definition) is 4. The van der Waals surface area contributed by atoms with E-state index in [2.05, 4.69) is 56.3 Å². The van der Waals surface area contributed by atoms with Gasteiger partial charge in [0.05, 0.1) is 24.5 Å². The number of rotatable bonds is 6. The lowest BCUT2D eigenvalue weighted by atomic mass is 10.2. The summed E-state index contributed by atoms with van der Waals surface area (Å²) < 4.78 is 2.09. The van der Waals surface area contributed by atoms with Crippen molar-refractivity contribution in [3.05, 3.63) is 17.0 Å². The summed E-state index contributed by atoms with van der Waals surface area (Å²) >= 11 is 0. The van der Waals surface area contributed by atoms with E-state index in [1.807, 2.05) is 11.9 Å². The molecule has 1 aromatic rings. The van der Waals surface area contributed by atoms with Gasteiger partial charge in [-0.15, -0.1) is 0 Å². The number of carbonyl (C=O) groups is 1. The zero-order valence-corrected chi connectivity index (χ0v) is 15.6. The van der Waals surface area contributed by atoms with Crippen LogP contribution >= 0.6 is 0 Å². The normalized spacial score (nSPS) is 14.7. The summed E-state index contributed by atoms with van der Waals surface area (Å²) in [4.78, 5) is 18.8. The van der Waals surface area contributed by atoms with Gasteiger partial charge in [0.15, 0.2) is 0 Å². The standard InChI is InChI=1S/C17H31N5O/c1-12(2)20(7)11-17(23)21-8-14-15(9-19(5)6)18-22(13(3)4)16(14)10-21/h12-13H,8-11H2,1-7H3. The van der Waals surface area contributed by atoms with E-state index in [4.69, 9.17) is 5.10 Å². The van der Waals surface area contributed by atoms with Gasteiger partial charge in [-0.3, -0.25) is 14.4 Å². The van der Waals surface area contributed by atoms with E-state index >= 15 is 0 Å². The van der Waals surface area contributed by atoms with Gasteiger partial charge in [-0.2, -0.15) is 5.10 Å². The van der Waals surface area contributed by atoms with Crippen LogP contribution in [0.15, 0.2) is 0 Å². The topological polar surface area (TPSA) is 44.6 Å². The number of carbonyl (C=O) groups excluding carboxylic acids is 1. The molecule has 0 unspecified atom stereocenters. The van der Waals surface area contributed by atoms with Gasteiger partial charge in [0.1, 0.15) is 0 Å². The second-order valence-electron chi connectivity index (χ2n) is 7.41. The summed E-state index contributed by atoms with van der Waals surface area (Å²) in [5, 5.41) is 4.78. The summed E-state index contributed by atoms with van der Waals surface area (Å²) in [6.45, 7) is 11.2. The molecule has 0 aromatic carbocycles. The maximum atomic E-state index is 12.6. The lowest BCUT2D eigenvalue weighted by Crippen LogP contribution is -2.39. The van der Waals surface area contributed by atoms with Gasteiger partial charge in [-0.25, -0.2) is 0 Å². The van der Waals surface area contributed by atoms with Gasteiger partial charge < -0.3 is 9.80 Å². The lowest BCUT2D eigenvalue weighted by Gasteiger charge is -2.24. The third-order valence-electron chi connectivity index (χ3n) is 4.47. The molecule has 2 rings (SSSR count). The van der Waals surface area contributed by atoms with E-state index in [1.165, 1.54) is 11.3 Å². The largest absolute Gasteiger partial charge is 0.331 e. The molecule has 2 heterocycles. The Morgan fingerprint density at radius 2 is 1.83 bits per heavy atom. The first-order valence-electron chi connectivity index (χ1n) is 8.42. The van der Waals surface area contributed by atoms with Crippen LogP contribution in [0.5, 0.6) is 0 Å². The third kappa shape index (κ3) is 3.93. The van der Waals surface area contributed by atoms with E-state index in [-0.39, 0.29) is 5.91 Å². The molecule has 130 valence electrons. The number of nitrogens with zero attached hydrogens (tertiary/aromatic N) is 5. The van der Waals surface area contributed by atoms with E-state index < -0.39 is 0 Å². The number of likely N-dealkylation sites (N-methyl/N-ethyl adjacent to an activating group) is 1. The Kier molecular flexibility index (Phi) is 5.47. The van der Waals surface area contributed by atoms with Crippen molar-refractivity contribution in [2.45, 2.75) is 59.4 Å². The van der Waals surface area contributed by atoms with Crippen LogP contribution in [0, 0.1) is 0 Å². The average Bonchev–Trinajstić information content (AvgIpc) is 2.98. The van der Waals surface area contributed by atoms with Crippen LogP contribution in [0.4, 0.5) is 0 Å². The first-order chi connectivity index (χ1) is 10.7. The van der Waals surface area contributed by atoms with Gasteiger partial charge in [0, 0.05) is 30.7 Å². The highest BCUT2D eigenvalue weighted by atomic mass is 16.2. The molecular weight excluding hydrogens is 290 g/mol. The summed E-state index contributed by atoms with van der Waals surface area (Å²) in [6.07, 6.45) is 0. The molecule has 0 aliphatic carbocycles. The Bertz CT molecular complexity index is 562. The van der Waals surface area contributed by atoms with Crippen LogP contribution in [-0.4, -0.2) is 64.1 Å². The Morgan fingerprint density at radius 1 is 1.17 bits per heavy atom. The minimum atomic E-state index is 0.198. The second kappa shape index (κ2) is 7.01. The Balaban J connectivity index is 2.17. The van der Waals surface area contributed by atoms with Crippen molar-refractivity contribution < 1.29 is 4.79 Å². The van der Waals surface area contributed by atoms with Crippen molar-refractivity contribution in [3.8, 4) is 0 Å². The number of amides is 1. The van der Waals surface area contributed by atoms with E-state index in [1.54, 1.807) is 0 Å². The van der Waals surface area contributed by atoms with Gasteiger partial charge in [-0.1, -0.05) is 0 Å². The maximum Gasteiger partial charge on any atom is 0.237 e. The summed E-state index contributed by atoms with van der Waals surface area (Å²) in [5.74, 6) is 0.198. The molecule has 0 radical (unpaired) electrons. The molecule has 1 aliphatic heterocycles. The third-order valence-corrected chi connectivity index (χ3v) is 4.47. The van der Waals surface area contributed by atoms with Crippen LogP contribution in [0.1, 0.15) is 50.7 Å². The smallest absolute Gasteiger partial charge is 0.237 e. The quantitative estimate of drug-likeness (QED) is 0.800. The minimum Gasteiger partial charge on any atom is -0.331 e. The first-order valence-corrected chi connectivity index (χ1v) is 8.42. The number of fused-ring (bicyclic) bond motifs is 1. The zero-order valence-electron chi connectivity index (χ0n) is 15.6. The van der Waals surface area contributed by atoms with E-state index in [0.29, 0.717) is 31.7 Å². The first kappa shape index (κ1) is 17.9. The molecule has 0 spiro atoms. The molecule has 23 heavy (non-hydrogen) atoms. The second-order valence-corrected chi connectivity index (χ2v) is 7.41. The van der Waals surface area contributed by atoms with E-state index in [0.717, 1.165) is 12.2 Å².